The molecule has 4 rings (SSSR count). The van der Waals surface area contributed by atoms with Gasteiger partial charge in [0.25, 0.3) is 0 Å². The van der Waals surface area contributed by atoms with Crippen molar-refractivity contribution in [3.63, 3.8) is 0 Å². The van der Waals surface area contributed by atoms with E-state index in [2.05, 4.69) is 5.32 Å². The van der Waals surface area contributed by atoms with Gasteiger partial charge in [0.2, 0.25) is 0 Å². The number of ketones is 1. The molecule has 0 spiro atoms. The Bertz CT molecular complexity index is 1220. The molecular weight excluding hydrogens is 801 g/mol. The van der Waals surface area contributed by atoms with E-state index in [4.69, 9.17) is 18.9 Å². The fourth-order valence-corrected chi connectivity index (χ4v) is 7.90. The van der Waals surface area contributed by atoms with Gasteiger partial charge in [-0.2, -0.15) is 0 Å². The molecule has 2 saturated carbocycles. The van der Waals surface area contributed by atoms with Crippen LogP contribution in [0.1, 0.15) is 82.1 Å². The van der Waals surface area contributed by atoms with E-state index in [9.17, 15) is 34.8 Å². The van der Waals surface area contributed by atoms with Gasteiger partial charge in [0.1, 0.15) is 29.0 Å². The van der Waals surface area contributed by atoms with E-state index in [1.54, 1.807) is 41.5 Å². The summed E-state index contributed by atoms with van der Waals surface area (Å²) >= 11 is 0. The first-order valence-corrected chi connectivity index (χ1v) is 15.5. The smallest absolute Gasteiger partial charge is 0.407 e. The summed E-state index contributed by atoms with van der Waals surface area (Å²) in [5.74, 6) is -2.99. The number of Topliss-reactive ketones (excluding diaryl/α,β-unsaturated/α-hetero) is 1. The molecule has 4 aliphatic rings. The summed E-state index contributed by atoms with van der Waals surface area (Å²) in [6.07, 6.45) is -6.95. The molecule has 0 aromatic rings. The van der Waals surface area contributed by atoms with Crippen LogP contribution in [0, 0.1) is 66.7 Å². The Kier molecular flexibility index (Phi) is 11.2. The second-order valence-electron chi connectivity index (χ2n) is 15.2. The Balaban J connectivity index is 0.00000552. The average Bonchev–Trinajstić information content (AvgIpc) is 2.88. The SMILES string of the molecule is CC(=O)O[C@H]1[C@@H]2[C@]3(O)CO[C@@H]3C[C@H](O)[C@@]2(C)C(=O)[C@H](O)C2=C(C)[C@@H](OC[C@H](C)[C@H](C)NC(=O)OC(C)(C)C)C[C@]1(O)C2(C)C.[Ac]. The molecule has 1 heterocycles. The predicted octanol–water partition coefficient (Wildman–Crippen LogP) is 1.79. The Morgan fingerprint density at radius 3 is 2.24 bits per heavy atom. The molecule has 13 heteroatoms. The van der Waals surface area contributed by atoms with Crippen molar-refractivity contribution in [1.29, 1.82) is 0 Å². The maximum absolute atomic E-state index is 14.3. The Morgan fingerprint density at radius 2 is 1.73 bits per heavy atom. The van der Waals surface area contributed by atoms with Crippen molar-refractivity contribution in [3.8, 4) is 0 Å². The van der Waals surface area contributed by atoms with Crippen LogP contribution >= 0.6 is 0 Å². The number of nitrogens with one attached hydrogen (secondary N) is 1. The quantitative estimate of drug-likeness (QED) is 0.194. The van der Waals surface area contributed by atoms with Gasteiger partial charge in [0.15, 0.2) is 5.78 Å². The van der Waals surface area contributed by atoms with Crippen LogP contribution in [-0.2, 0) is 28.5 Å². The number of rotatable bonds is 6. The number of ether oxygens (including phenoxy) is 4. The van der Waals surface area contributed by atoms with Crippen molar-refractivity contribution in [1.82, 2.24) is 5.32 Å². The van der Waals surface area contributed by atoms with E-state index in [1.807, 2.05) is 13.8 Å². The maximum Gasteiger partial charge on any atom is 0.407 e. The third kappa shape index (κ3) is 6.43. The summed E-state index contributed by atoms with van der Waals surface area (Å²) < 4.78 is 23.2. The fourth-order valence-electron chi connectivity index (χ4n) is 7.90. The number of aliphatic hydroxyl groups is 4. The zero-order chi connectivity index (χ0) is 33.4. The summed E-state index contributed by atoms with van der Waals surface area (Å²) in [6.45, 7) is 16.7. The van der Waals surface area contributed by atoms with E-state index in [0.717, 1.165) is 0 Å². The number of hydrogen-bond donors (Lipinski definition) is 5. The number of alkyl carbamates (subject to hydrolysis) is 1. The van der Waals surface area contributed by atoms with Gasteiger partial charge in [-0.05, 0) is 58.6 Å². The molecule has 3 aliphatic carbocycles. The molecule has 3 fully saturated rings. The topological polar surface area (TPSA) is 181 Å². The summed E-state index contributed by atoms with van der Waals surface area (Å²) in [6, 6.07) is -0.346. The molecule has 1 amide bonds. The minimum absolute atomic E-state index is 0. The van der Waals surface area contributed by atoms with Crippen LogP contribution in [0.3, 0.4) is 0 Å². The zero-order valence-electron chi connectivity index (χ0n) is 28.2. The molecule has 0 aromatic heterocycles. The average molecular weight is 853 g/mol. The number of hydrogen-bond acceptors (Lipinski definition) is 11. The first kappa shape index (κ1) is 38.8. The van der Waals surface area contributed by atoms with Gasteiger partial charge in [0, 0.05) is 81.2 Å². The summed E-state index contributed by atoms with van der Waals surface area (Å²) in [4.78, 5) is 39.2. The van der Waals surface area contributed by atoms with Gasteiger partial charge in [-0.1, -0.05) is 20.8 Å². The van der Waals surface area contributed by atoms with Crippen molar-refractivity contribution in [2.45, 2.75) is 135 Å². The maximum atomic E-state index is 14.3. The summed E-state index contributed by atoms with van der Waals surface area (Å²) in [7, 11) is 0. The minimum atomic E-state index is -1.96. The van der Waals surface area contributed by atoms with Gasteiger partial charge >= 0.3 is 12.1 Å². The van der Waals surface area contributed by atoms with E-state index >= 15 is 0 Å². The van der Waals surface area contributed by atoms with Gasteiger partial charge in [0.05, 0.1) is 36.9 Å². The van der Waals surface area contributed by atoms with Crippen LogP contribution in [0.25, 0.3) is 0 Å². The van der Waals surface area contributed by atoms with Crippen molar-refractivity contribution in [2.75, 3.05) is 13.2 Å². The first-order chi connectivity index (χ1) is 20.0. The molecule has 11 atom stereocenters. The standard InChI is InChI=1S/C32H51NO11.Ac/c1-15(17(3)33-27(38)44-28(5,6)7)13-41-19-12-32(40)26(43-18(4)34)24-30(10,20(35)11-21-31(24,39)14-42-21)25(37)23(36)22(16(19)2)29(32,8)9;/h15,17,19-21,23-24,26,35-36,39-40H,11-14H2,1-10H3,(H,33,38);/t15-,17-,19-,20-,21+,23+,24-,26-,30+,31-,32+;/m0./s1. The Labute approximate surface area is 301 Å². The number of carbonyl (C=O) groups is 3. The molecule has 2 bridgehead atoms. The van der Waals surface area contributed by atoms with Crippen LogP contribution < -0.4 is 5.32 Å². The largest absolute Gasteiger partial charge is 0.459 e. The van der Waals surface area contributed by atoms with Crippen molar-refractivity contribution in [2.24, 2.45) is 22.7 Å². The molecule has 0 unspecified atom stereocenters. The van der Waals surface area contributed by atoms with Gasteiger partial charge < -0.3 is 44.7 Å². The third-order valence-corrected chi connectivity index (χ3v) is 10.8. The molecular formula is C32H51AcNO11. The van der Waals surface area contributed by atoms with Crippen LogP contribution in [0.5, 0.6) is 0 Å². The molecule has 1 saturated heterocycles. The van der Waals surface area contributed by atoms with E-state index in [-0.39, 0.29) is 87.7 Å². The number of esters is 1. The summed E-state index contributed by atoms with van der Waals surface area (Å²) in [5.41, 5.74) is -6.68. The monoisotopic (exact) mass is 852 g/mol. The predicted molar refractivity (Wildman–Crippen MR) is 157 cm³/mol. The number of aliphatic hydroxyl groups excluding tert-OH is 2. The van der Waals surface area contributed by atoms with Gasteiger partial charge in [-0.3, -0.25) is 9.59 Å². The van der Waals surface area contributed by atoms with Crippen LogP contribution in [-0.4, -0.2) is 105 Å². The third-order valence-electron chi connectivity index (χ3n) is 10.8. The molecule has 253 valence electrons. The van der Waals surface area contributed by atoms with Crippen LogP contribution in [0.2, 0.25) is 0 Å². The van der Waals surface area contributed by atoms with Crippen molar-refractivity contribution < 1.29 is 97.8 Å². The Hall–Kier alpha value is -0.648. The Morgan fingerprint density at radius 1 is 1.13 bits per heavy atom. The van der Waals surface area contributed by atoms with Crippen molar-refractivity contribution in [3.05, 3.63) is 11.1 Å². The fraction of sp³-hybridized carbons (Fsp3) is 0.844. The van der Waals surface area contributed by atoms with Crippen molar-refractivity contribution >= 4 is 17.8 Å². The first-order valence-electron chi connectivity index (χ1n) is 15.5. The zero-order valence-corrected chi connectivity index (χ0v) is 32.9. The number of amides is 1. The van der Waals surface area contributed by atoms with E-state index in [0.29, 0.717) is 5.57 Å². The summed E-state index contributed by atoms with van der Waals surface area (Å²) in [5, 5.41) is 50.7. The molecule has 5 N–H and O–H groups in total. The number of fused-ring (bicyclic) bond motifs is 5. The molecule has 45 heavy (non-hydrogen) atoms. The van der Waals surface area contributed by atoms with Gasteiger partial charge in [-0.25, -0.2) is 4.79 Å². The van der Waals surface area contributed by atoms with Gasteiger partial charge in [-0.15, -0.1) is 0 Å². The normalized spacial score (nSPS) is 40.3. The molecule has 12 nitrogen and oxygen atoms in total. The second kappa shape index (κ2) is 13.0. The molecule has 0 aromatic carbocycles. The second-order valence-corrected chi connectivity index (χ2v) is 15.2. The van der Waals surface area contributed by atoms with E-state index in [1.165, 1.54) is 13.8 Å². The molecule has 1 radical (unpaired) electrons. The van der Waals surface area contributed by atoms with Crippen LogP contribution in [0.4, 0.5) is 4.79 Å². The van der Waals surface area contributed by atoms with E-state index < -0.39 is 81.9 Å². The van der Waals surface area contributed by atoms with Crippen LogP contribution in [0.15, 0.2) is 11.1 Å². The molecule has 1 aliphatic heterocycles. The number of carbonyl (C=O) groups excluding carboxylic acids is 3. The minimum Gasteiger partial charge on any atom is -0.459 e.